The lowest BCUT2D eigenvalue weighted by Crippen LogP contribution is -2.13. The largest absolute Gasteiger partial charge is 0.381 e. The van der Waals surface area contributed by atoms with Crippen LogP contribution in [0.5, 0.6) is 0 Å². The van der Waals surface area contributed by atoms with Crippen LogP contribution in [0.15, 0.2) is 59.6 Å². The van der Waals surface area contributed by atoms with Crippen molar-refractivity contribution in [3.63, 3.8) is 0 Å². The lowest BCUT2D eigenvalue weighted by Gasteiger charge is -2.19. The number of ether oxygens (including phenoxy) is 1. The minimum Gasteiger partial charge on any atom is -0.381 e. The molecule has 3 heterocycles. The van der Waals surface area contributed by atoms with Gasteiger partial charge in [0, 0.05) is 37.8 Å². The molecule has 39 heavy (non-hydrogen) atoms. The van der Waals surface area contributed by atoms with E-state index in [9.17, 15) is 17.8 Å². The van der Waals surface area contributed by atoms with E-state index >= 15 is 4.39 Å². The molecule has 0 bridgehead atoms. The standard InChI is InChI=1S/C27H23F3N4O3S2/c1-15(35)32-23-13-17(7-10-31-23)26-25(33-27(38-26)16-8-11-37-12-9-16)19-3-2-4-21(24(19)30)34-39(36)22-14-18(28)5-6-20(22)29/h2-7,10,13-14,16,34H,8-9,11-12H2,1H3,(H,31,32,35). The van der Waals surface area contributed by atoms with Crippen LogP contribution in [-0.4, -0.2) is 33.3 Å². The average Bonchev–Trinajstić information content (AvgIpc) is 3.37. The summed E-state index contributed by atoms with van der Waals surface area (Å²) in [5.74, 6) is -2.19. The van der Waals surface area contributed by atoms with Gasteiger partial charge in [-0.15, -0.1) is 11.3 Å². The summed E-state index contributed by atoms with van der Waals surface area (Å²) in [6.45, 7) is 2.59. The Labute approximate surface area is 229 Å². The molecule has 2 N–H and O–H groups in total. The highest BCUT2D eigenvalue weighted by molar-refractivity contribution is 7.86. The normalized spacial score (nSPS) is 14.7. The van der Waals surface area contributed by atoms with Gasteiger partial charge in [0.2, 0.25) is 5.91 Å². The van der Waals surface area contributed by atoms with E-state index in [4.69, 9.17) is 9.72 Å². The van der Waals surface area contributed by atoms with E-state index in [0.717, 1.165) is 36.0 Å². The fourth-order valence-electron chi connectivity index (χ4n) is 4.22. The van der Waals surface area contributed by atoms with Gasteiger partial charge in [-0.25, -0.2) is 27.3 Å². The van der Waals surface area contributed by atoms with Gasteiger partial charge >= 0.3 is 0 Å². The molecule has 0 spiro atoms. The lowest BCUT2D eigenvalue weighted by molar-refractivity contribution is -0.114. The van der Waals surface area contributed by atoms with Crippen LogP contribution in [-0.2, 0) is 20.5 Å². The Bertz CT molecular complexity index is 1560. The average molecular weight is 573 g/mol. The summed E-state index contributed by atoms with van der Waals surface area (Å²) >= 11 is 1.42. The van der Waals surface area contributed by atoms with Crippen molar-refractivity contribution in [3.05, 3.63) is 77.2 Å². The minimum absolute atomic E-state index is 0.138. The maximum Gasteiger partial charge on any atom is 0.222 e. The zero-order valence-electron chi connectivity index (χ0n) is 20.7. The Morgan fingerprint density at radius 2 is 1.90 bits per heavy atom. The second kappa shape index (κ2) is 11.6. The zero-order valence-corrected chi connectivity index (χ0v) is 22.3. The summed E-state index contributed by atoms with van der Waals surface area (Å²) in [6.07, 6.45) is 3.10. The molecule has 1 unspecified atom stereocenters. The molecule has 1 aliphatic heterocycles. The van der Waals surface area contributed by atoms with Crippen LogP contribution in [0.1, 0.15) is 30.7 Å². The molecule has 2 aromatic heterocycles. The van der Waals surface area contributed by atoms with Gasteiger partial charge in [-0.1, -0.05) is 6.07 Å². The Morgan fingerprint density at radius 3 is 2.67 bits per heavy atom. The quantitative estimate of drug-likeness (QED) is 0.272. The molecule has 1 fully saturated rings. The Kier molecular flexibility index (Phi) is 8.05. The number of nitrogens with one attached hydrogen (secondary N) is 2. The predicted molar refractivity (Wildman–Crippen MR) is 144 cm³/mol. The molecule has 1 saturated heterocycles. The van der Waals surface area contributed by atoms with Gasteiger partial charge < -0.3 is 10.1 Å². The van der Waals surface area contributed by atoms with Gasteiger partial charge in [-0.3, -0.25) is 9.52 Å². The third-order valence-electron chi connectivity index (χ3n) is 6.09. The van der Waals surface area contributed by atoms with Gasteiger partial charge in [0.1, 0.15) is 17.5 Å². The molecule has 4 aromatic rings. The predicted octanol–water partition coefficient (Wildman–Crippen LogP) is 6.28. The number of pyridine rings is 1. The number of hydrogen-bond acceptors (Lipinski definition) is 6. The molecule has 0 radical (unpaired) electrons. The van der Waals surface area contributed by atoms with E-state index in [0.29, 0.717) is 35.2 Å². The number of nitrogens with zero attached hydrogens (tertiary/aromatic N) is 2. The number of carbonyl (C=O) groups excluding carboxylic acids is 1. The minimum atomic E-state index is -2.27. The summed E-state index contributed by atoms with van der Waals surface area (Å²) in [4.78, 5) is 20.8. The fourth-order valence-corrected chi connectivity index (χ4v) is 6.40. The summed E-state index contributed by atoms with van der Waals surface area (Å²) in [6, 6.07) is 10.5. The van der Waals surface area contributed by atoms with Crippen LogP contribution in [0.4, 0.5) is 24.7 Å². The number of amides is 1. The number of thiazole rings is 1. The molecule has 12 heteroatoms. The van der Waals surface area contributed by atoms with E-state index in [1.807, 2.05) is 0 Å². The monoisotopic (exact) mass is 572 g/mol. The molecule has 0 aliphatic carbocycles. The summed E-state index contributed by atoms with van der Waals surface area (Å²) < 4.78 is 64.4. The number of aromatic nitrogens is 2. The van der Waals surface area contributed by atoms with Crippen LogP contribution in [0, 0.1) is 17.5 Å². The summed E-state index contributed by atoms with van der Waals surface area (Å²) in [5, 5.41) is 3.48. The van der Waals surface area contributed by atoms with Gasteiger partial charge in [0.25, 0.3) is 0 Å². The molecule has 1 amide bonds. The molecule has 2 aromatic carbocycles. The van der Waals surface area contributed by atoms with Crippen LogP contribution in [0.25, 0.3) is 21.7 Å². The van der Waals surface area contributed by atoms with Crippen molar-refractivity contribution in [2.24, 2.45) is 0 Å². The highest BCUT2D eigenvalue weighted by Crippen LogP contribution is 2.43. The van der Waals surface area contributed by atoms with E-state index in [1.54, 1.807) is 30.5 Å². The SMILES string of the molecule is CC(=O)Nc1cc(-c2sc(C3CCOCC3)nc2-c2cccc(NS(=O)c3cc(F)ccc3F)c2F)ccn1. The first-order chi connectivity index (χ1) is 18.8. The van der Waals surface area contributed by atoms with Crippen molar-refractivity contribution in [3.8, 4) is 21.7 Å². The number of benzene rings is 2. The molecule has 5 rings (SSSR count). The first-order valence-corrected chi connectivity index (χ1v) is 14.0. The van der Waals surface area contributed by atoms with Crippen molar-refractivity contribution in [1.82, 2.24) is 9.97 Å². The molecule has 0 saturated carbocycles. The second-order valence-corrected chi connectivity index (χ2v) is 11.1. The Hall–Kier alpha value is -3.61. The first-order valence-electron chi connectivity index (χ1n) is 12.0. The van der Waals surface area contributed by atoms with Crippen molar-refractivity contribution in [2.45, 2.75) is 30.6 Å². The highest BCUT2D eigenvalue weighted by Gasteiger charge is 2.26. The van der Waals surface area contributed by atoms with E-state index < -0.39 is 33.3 Å². The van der Waals surface area contributed by atoms with Gasteiger partial charge in [0.15, 0.2) is 16.8 Å². The van der Waals surface area contributed by atoms with E-state index in [2.05, 4.69) is 15.0 Å². The van der Waals surface area contributed by atoms with Gasteiger partial charge in [-0.05, 0) is 60.9 Å². The number of carbonyl (C=O) groups is 1. The molecule has 1 atom stereocenters. The van der Waals surface area contributed by atoms with Crippen LogP contribution < -0.4 is 10.0 Å². The highest BCUT2D eigenvalue weighted by atomic mass is 32.2. The maximum atomic E-state index is 15.9. The lowest BCUT2D eigenvalue weighted by atomic mass is 10.0. The fraction of sp³-hybridized carbons (Fsp3) is 0.222. The summed E-state index contributed by atoms with van der Waals surface area (Å²) in [7, 11) is -2.27. The Balaban J connectivity index is 1.56. The smallest absolute Gasteiger partial charge is 0.222 e. The molecular formula is C27H23F3N4O3S2. The van der Waals surface area contributed by atoms with Crippen LogP contribution >= 0.6 is 11.3 Å². The van der Waals surface area contributed by atoms with E-state index in [-0.39, 0.29) is 23.1 Å². The zero-order chi connectivity index (χ0) is 27.5. The molecule has 1 aliphatic rings. The topological polar surface area (TPSA) is 93.2 Å². The molecule has 7 nitrogen and oxygen atoms in total. The molecule has 202 valence electrons. The molecular weight excluding hydrogens is 549 g/mol. The van der Waals surface area contributed by atoms with Gasteiger partial charge in [0.05, 0.1) is 26.2 Å². The second-order valence-electron chi connectivity index (χ2n) is 8.84. The number of hydrogen-bond donors (Lipinski definition) is 2. The number of anilines is 2. The maximum absolute atomic E-state index is 15.9. The van der Waals surface area contributed by atoms with Crippen molar-refractivity contribution in [2.75, 3.05) is 23.3 Å². The van der Waals surface area contributed by atoms with E-state index in [1.165, 1.54) is 24.3 Å². The van der Waals surface area contributed by atoms with Crippen molar-refractivity contribution >= 4 is 39.7 Å². The van der Waals surface area contributed by atoms with Crippen molar-refractivity contribution in [1.29, 1.82) is 0 Å². The van der Waals surface area contributed by atoms with Crippen LogP contribution in [0.3, 0.4) is 0 Å². The third kappa shape index (κ3) is 6.02. The first kappa shape index (κ1) is 27.0. The Morgan fingerprint density at radius 1 is 1.10 bits per heavy atom. The van der Waals surface area contributed by atoms with Crippen molar-refractivity contribution < 1.29 is 26.9 Å². The van der Waals surface area contributed by atoms with Gasteiger partial charge in [-0.2, -0.15) is 0 Å². The summed E-state index contributed by atoms with van der Waals surface area (Å²) in [5.41, 5.74) is 1.03. The number of rotatable bonds is 7. The number of halogens is 3. The third-order valence-corrected chi connectivity index (χ3v) is 8.47. The van der Waals surface area contributed by atoms with Crippen LogP contribution in [0.2, 0.25) is 0 Å².